The minimum atomic E-state index is 0.690. The van der Waals surface area contributed by atoms with Crippen molar-refractivity contribution in [2.45, 2.75) is 64.1 Å². The third-order valence-electron chi connectivity index (χ3n) is 5.30. The zero-order valence-electron chi connectivity index (χ0n) is 12.9. The van der Waals surface area contributed by atoms with Gasteiger partial charge in [0.1, 0.15) is 0 Å². The fourth-order valence-corrected chi connectivity index (χ4v) is 3.95. The Morgan fingerprint density at radius 3 is 2.70 bits per heavy atom. The number of rotatable bonds is 3. The van der Waals surface area contributed by atoms with E-state index in [1.54, 1.807) is 11.1 Å². The Morgan fingerprint density at radius 2 is 1.95 bits per heavy atom. The number of nitrogens with zero attached hydrogens (tertiary/aromatic N) is 1. The second-order valence-corrected chi connectivity index (χ2v) is 6.44. The second kappa shape index (κ2) is 6.28. The summed E-state index contributed by atoms with van der Waals surface area (Å²) in [6, 6.07) is 11.2. The Labute approximate surface area is 123 Å². The van der Waals surface area contributed by atoms with E-state index < -0.39 is 0 Å². The Bertz CT molecular complexity index is 443. The largest absolute Gasteiger partial charge is 0.311 e. The molecule has 0 radical (unpaired) electrons. The van der Waals surface area contributed by atoms with Gasteiger partial charge in [-0.15, -0.1) is 0 Å². The maximum atomic E-state index is 3.72. The number of nitrogens with one attached hydrogen (secondary N) is 1. The average molecular weight is 272 g/mol. The highest BCUT2D eigenvalue weighted by atomic mass is 15.3. The van der Waals surface area contributed by atoms with E-state index in [-0.39, 0.29) is 0 Å². The average Bonchev–Trinajstić information content (AvgIpc) is 2.53. The Kier molecular flexibility index (Phi) is 4.42. The van der Waals surface area contributed by atoms with Gasteiger partial charge in [0.2, 0.25) is 0 Å². The summed E-state index contributed by atoms with van der Waals surface area (Å²) in [7, 11) is 0. The van der Waals surface area contributed by atoms with Crippen LogP contribution in [0.5, 0.6) is 0 Å². The van der Waals surface area contributed by atoms with Crippen molar-refractivity contribution in [1.82, 2.24) is 10.2 Å². The van der Waals surface area contributed by atoms with E-state index >= 15 is 0 Å². The van der Waals surface area contributed by atoms with E-state index in [2.05, 4.69) is 48.3 Å². The molecule has 3 rings (SSSR count). The first-order valence-corrected chi connectivity index (χ1v) is 8.37. The van der Waals surface area contributed by atoms with Gasteiger partial charge in [-0.2, -0.15) is 0 Å². The molecule has 2 nitrogen and oxygen atoms in total. The minimum Gasteiger partial charge on any atom is -0.311 e. The monoisotopic (exact) mass is 272 g/mol. The van der Waals surface area contributed by atoms with Gasteiger partial charge in [-0.05, 0) is 43.2 Å². The maximum Gasteiger partial charge on any atom is 0.0221 e. The predicted molar refractivity (Wildman–Crippen MR) is 85.1 cm³/mol. The Balaban J connectivity index is 1.74. The molecule has 1 aromatic rings. The molecule has 1 aromatic carbocycles. The third-order valence-corrected chi connectivity index (χ3v) is 5.30. The fourth-order valence-electron chi connectivity index (χ4n) is 3.95. The zero-order chi connectivity index (χ0) is 13.9. The Morgan fingerprint density at radius 1 is 1.15 bits per heavy atom. The van der Waals surface area contributed by atoms with Crippen LogP contribution in [0.3, 0.4) is 0 Å². The fraction of sp³-hybridized carbons (Fsp3) is 0.667. The van der Waals surface area contributed by atoms with Crippen molar-refractivity contribution in [3.8, 4) is 0 Å². The van der Waals surface area contributed by atoms with E-state index in [1.807, 2.05) is 0 Å². The molecule has 3 unspecified atom stereocenters. The Hall–Kier alpha value is -0.860. The third kappa shape index (κ3) is 2.77. The lowest BCUT2D eigenvalue weighted by Gasteiger charge is -2.46. The normalized spacial score (nSPS) is 31.0. The molecule has 1 heterocycles. The highest BCUT2D eigenvalue weighted by Crippen LogP contribution is 2.27. The molecular weight excluding hydrogens is 244 g/mol. The van der Waals surface area contributed by atoms with Crippen LogP contribution in [-0.4, -0.2) is 36.1 Å². The highest BCUT2D eigenvalue weighted by Gasteiger charge is 2.32. The number of piperazine rings is 1. The SMILES string of the molecule is CCC1CN(C2CCc3ccccc3C2)C(CC)CN1. The van der Waals surface area contributed by atoms with E-state index in [0.29, 0.717) is 6.04 Å². The van der Waals surface area contributed by atoms with Gasteiger partial charge in [0.25, 0.3) is 0 Å². The summed E-state index contributed by atoms with van der Waals surface area (Å²) in [6.07, 6.45) is 6.36. The first kappa shape index (κ1) is 14.1. The molecule has 110 valence electrons. The van der Waals surface area contributed by atoms with Crippen LogP contribution in [0.2, 0.25) is 0 Å². The highest BCUT2D eigenvalue weighted by molar-refractivity contribution is 5.30. The van der Waals surface area contributed by atoms with Gasteiger partial charge >= 0.3 is 0 Å². The van der Waals surface area contributed by atoms with E-state index in [1.165, 1.54) is 45.2 Å². The summed E-state index contributed by atoms with van der Waals surface area (Å²) >= 11 is 0. The molecule has 0 aromatic heterocycles. The van der Waals surface area contributed by atoms with Crippen molar-refractivity contribution in [2.75, 3.05) is 13.1 Å². The molecule has 3 atom stereocenters. The summed E-state index contributed by atoms with van der Waals surface area (Å²) in [4.78, 5) is 2.82. The quantitative estimate of drug-likeness (QED) is 0.910. The van der Waals surface area contributed by atoms with Crippen LogP contribution < -0.4 is 5.32 Å². The molecule has 2 aliphatic rings. The van der Waals surface area contributed by atoms with Gasteiger partial charge in [0, 0.05) is 31.2 Å². The molecule has 1 fully saturated rings. The molecule has 0 amide bonds. The summed E-state index contributed by atoms with van der Waals surface area (Å²) in [6.45, 7) is 7.05. The number of aryl methyl sites for hydroxylation is 1. The van der Waals surface area contributed by atoms with Gasteiger partial charge in [-0.25, -0.2) is 0 Å². The van der Waals surface area contributed by atoms with Gasteiger partial charge in [-0.1, -0.05) is 38.1 Å². The number of fused-ring (bicyclic) bond motifs is 1. The van der Waals surface area contributed by atoms with Crippen LogP contribution in [0.25, 0.3) is 0 Å². The second-order valence-electron chi connectivity index (χ2n) is 6.44. The van der Waals surface area contributed by atoms with Crippen molar-refractivity contribution >= 4 is 0 Å². The van der Waals surface area contributed by atoms with E-state index in [9.17, 15) is 0 Å². The smallest absolute Gasteiger partial charge is 0.0221 e. The minimum absolute atomic E-state index is 0.690. The zero-order valence-corrected chi connectivity index (χ0v) is 12.9. The summed E-state index contributed by atoms with van der Waals surface area (Å²) in [5, 5.41) is 3.72. The van der Waals surface area contributed by atoms with Crippen molar-refractivity contribution in [1.29, 1.82) is 0 Å². The van der Waals surface area contributed by atoms with Gasteiger partial charge < -0.3 is 5.32 Å². The van der Waals surface area contributed by atoms with Crippen molar-refractivity contribution in [3.05, 3.63) is 35.4 Å². The molecule has 0 saturated carbocycles. The lowest BCUT2D eigenvalue weighted by molar-refractivity contribution is 0.0703. The molecule has 20 heavy (non-hydrogen) atoms. The van der Waals surface area contributed by atoms with E-state index in [0.717, 1.165) is 12.1 Å². The van der Waals surface area contributed by atoms with Crippen LogP contribution in [0, 0.1) is 0 Å². The van der Waals surface area contributed by atoms with Crippen molar-refractivity contribution in [3.63, 3.8) is 0 Å². The first-order chi connectivity index (χ1) is 9.81. The summed E-state index contributed by atoms with van der Waals surface area (Å²) in [5.74, 6) is 0. The number of benzene rings is 1. The molecule has 2 heteroatoms. The topological polar surface area (TPSA) is 15.3 Å². The molecule has 1 N–H and O–H groups in total. The van der Waals surface area contributed by atoms with Gasteiger partial charge in [-0.3, -0.25) is 4.90 Å². The molecule has 0 bridgehead atoms. The standard InChI is InChI=1S/C18H28N2/c1-3-16-13-20(17(4-2)12-19-16)18-10-9-14-7-5-6-8-15(14)11-18/h5-8,16-19H,3-4,9-13H2,1-2H3. The van der Waals surface area contributed by atoms with Crippen molar-refractivity contribution < 1.29 is 0 Å². The summed E-state index contributed by atoms with van der Waals surface area (Å²) < 4.78 is 0. The lowest BCUT2D eigenvalue weighted by Crippen LogP contribution is -2.60. The summed E-state index contributed by atoms with van der Waals surface area (Å²) in [5.41, 5.74) is 3.17. The number of hydrogen-bond acceptors (Lipinski definition) is 2. The maximum absolute atomic E-state index is 3.72. The molecule has 1 aliphatic carbocycles. The van der Waals surface area contributed by atoms with Gasteiger partial charge in [0.05, 0.1) is 0 Å². The van der Waals surface area contributed by atoms with Crippen LogP contribution in [0.15, 0.2) is 24.3 Å². The predicted octanol–water partition coefficient (Wildman–Crippen LogP) is 3.01. The van der Waals surface area contributed by atoms with Crippen LogP contribution in [0.4, 0.5) is 0 Å². The molecule has 0 spiro atoms. The van der Waals surface area contributed by atoms with Crippen LogP contribution in [-0.2, 0) is 12.8 Å². The van der Waals surface area contributed by atoms with Crippen molar-refractivity contribution in [2.24, 2.45) is 0 Å². The van der Waals surface area contributed by atoms with Gasteiger partial charge in [0.15, 0.2) is 0 Å². The van der Waals surface area contributed by atoms with Crippen LogP contribution >= 0.6 is 0 Å². The van der Waals surface area contributed by atoms with E-state index in [4.69, 9.17) is 0 Å². The molecule has 1 saturated heterocycles. The first-order valence-electron chi connectivity index (χ1n) is 8.37. The number of hydrogen-bond donors (Lipinski definition) is 1. The molecule has 1 aliphatic heterocycles. The molecular formula is C18H28N2. The lowest BCUT2D eigenvalue weighted by atomic mass is 9.86. The van der Waals surface area contributed by atoms with Crippen LogP contribution in [0.1, 0.15) is 44.2 Å².